The molecule has 27 heavy (non-hydrogen) atoms. The molecule has 0 saturated heterocycles. The molecule has 0 radical (unpaired) electrons. The number of halogens is 3. The van der Waals surface area contributed by atoms with E-state index in [9.17, 15) is 18.0 Å². The van der Waals surface area contributed by atoms with Gasteiger partial charge >= 0.3 is 0 Å². The summed E-state index contributed by atoms with van der Waals surface area (Å²) in [4.78, 5) is 15.5. The maximum Gasteiger partial charge on any atom is 0.246 e. The summed E-state index contributed by atoms with van der Waals surface area (Å²) in [6.07, 6.45) is 0.673. The lowest BCUT2D eigenvalue weighted by Crippen LogP contribution is -2.34. The van der Waals surface area contributed by atoms with Crippen LogP contribution in [0.3, 0.4) is 0 Å². The van der Waals surface area contributed by atoms with Crippen molar-refractivity contribution in [3.8, 4) is 5.75 Å². The van der Waals surface area contributed by atoms with Crippen LogP contribution in [0.1, 0.15) is 5.56 Å². The number of ether oxygens (including phenoxy) is 1. The molecule has 0 aliphatic carbocycles. The number of carbonyl (C=O) groups excluding carboxylic acids is 1. The Kier molecular flexibility index (Phi) is 7.04. The fraction of sp³-hybridized carbons (Fsp3) is 0.222. The Morgan fingerprint density at radius 3 is 2.48 bits per heavy atom. The van der Waals surface area contributed by atoms with Gasteiger partial charge in [0.05, 0.1) is 12.8 Å². The van der Waals surface area contributed by atoms with Crippen molar-refractivity contribution >= 4 is 17.6 Å². The molecule has 0 aliphatic rings. The summed E-state index contributed by atoms with van der Waals surface area (Å²) in [5.74, 6) is -4.40. The van der Waals surface area contributed by atoms with Crippen LogP contribution in [0.5, 0.6) is 5.75 Å². The molecular formula is C18H19F3N4O2. The first-order valence-electron chi connectivity index (χ1n) is 8.00. The number of amides is 1. The van der Waals surface area contributed by atoms with Gasteiger partial charge in [-0.25, -0.2) is 18.2 Å². The maximum absolute atomic E-state index is 13.5. The van der Waals surface area contributed by atoms with Gasteiger partial charge in [0, 0.05) is 6.54 Å². The quantitative estimate of drug-likeness (QED) is 0.390. The number of guanidine groups is 1. The van der Waals surface area contributed by atoms with Crippen molar-refractivity contribution in [3.63, 3.8) is 0 Å². The molecular weight excluding hydrogens is 361 g/mol. The second-order valence-electron chi connectivity index (χ2n) is 5.50. The number of nitrogens with two attached hydrogens (primary N) is 1. The van der Waals surface area contributed by atoms with E-state index in [1.165, 1.54) is 0 Å². The van der Waals surface area contributed by atoms with Gasteiger partial charge in [-0.1, -0.05) is 12.1 Å². The highest BCUT2D eigenvalue weighted by Crippen LogP contribution is 2.19. The highest BCUT2D eigenvalue weighted by molar-refractivity contribution is 5.94. The Bertz CT molecular complexity index is 826. The largest absolute Gasteiger partial charge is 0.497 e. The van der Waals surface area contributed by atoms with Crippen molar-refractivity contribution in [1.29, 1.82) is 0 Å². The predicted molar refractivity (Wildman–Crippen MR) is 96.1 cm³/mol. The van der Waals surface area contributed by atoms with Crippen LogP contribution in [0.2, 0.25) is 0 Å². The minimum Gasteiger partial charge on any atom is -0.497 e. The number of benzene rings is 2. The third kappa shape index (κ3) is 5.91. The molecule has 0 aliphatic heterocycles. The number of methoxy groups -OCH3 is 1. The zero-order valence-electron chi connectivity index (χ0n) is 14.6. The van der Waals surface area contributed by atoms with Gasteiger partial charge in [-0.2, -0.15) is 0 Å². The molecule has 0 spiro atoms. The highest BCUT2D eigenvalue weighted by atomic mass is 19.2. The molecule has 1 amide bonds. The van der Waals surface area contributed by atoms with Crippen LogP contribution in [0, 0.1) is 17.5 Å². The van der Waals surface area contributed by atoms with Gasteiger partial charge in [0.15, 0.2) is 23.4 Å². The number of hydrogen-bond acceptors (Lipinski definition) is 3. The predicted octanol–water partition coefficient (Wildman–Crippen LogP) is 2.20. The highest BCUT2D eigenvalue weighted by Gasteiger charge is 2.14. The molecule has 2 aromatic carbocycles. The molecule has 0 heterocycles. The Hall–Kier alpha value is -3.23. The molecule has 9 heteroatoms. The second kappa shape index (κ2) is 9.46. The molecule has 0 fully saturated rings. The molecule has 0 unspecified atom stereocenters. The molecule has 0 bridgehead atoms. The minimum absolute atomic E-state index is 0.0319. The molecule has 6 nitrogen and oxygen atoms in total. The van der Waals surface area contributed by atoms with Crippen molar-refractivity contribution in [2.45, 2.75) is 6.42 Å². The average molecular weight is 380 g/mol. The first kappa shape index (κ1) is 20.1. The standard InChI is InChI=1S/C18H19F3N4O2/c1-27-12-4-2-11(3-5-12)8-9-23-18(22)24-10-15(26)25-14-7-6-13(19)16(20)17(14)21/h2-7H,8-10H2,1H3,(H,25,26)(H3,22,23,24). The lowest BCUT2D eigenvalue weighted by atomic mass is 10.1. The van der Waals surface area contributed by atoms with Gasteiger partial charge in [-0.05, 0) is 36.2 Å². The fourth-order valence-corrected chi connectivity index (χ4v) is 2.15. The summed E-state index contributed by atoms with van der Waals surface area (Å²) in [7, 11) is 1.59. The van der Waals surface area contributed by atoms with Gasteiger partial charge in [-0.3, -0.25) is 4.79 Å². The number of hydrogen-bond donors (Lipinski definition) is 3. The molecule has 4 N–H and O–H groups in total. The number of nitrogens with zero attached hydrogens (tertiary/aromatic N) is 1. The van der Waals surface area contributed by atoms with Crippen LogP contribution >= 0.6 is 0 Å². The SMILES string of the molecule is COc1ccc(CCNC(N)=NCC(=O)Nc2ccc(F)c(F)c2F)cc1. The van der Waals surface area contributed by atoms with E-state index in [0.29, 0.717) is 19.0 Å². The van der Waals surface area contributed by atoms with Gasteiger partial charge in [0.1, 0.15) is 12.3 Å². The fourth-order valence-electron chi connectivity index (χ4n) is 2.15. The van der Waals surface area contributed by atoms with Crippen molar-refractivity contribution in [2.24, 2.45) is 10.7 Å². The van der Waals surface area contributed by atoms with Gasteiger partial charge in [0.25, 0.3) is 0 Å². The summed E-state index contributed by atoms with van der Waals surface area (Å²) in [6, 6.07) is 9.15. The monoisotopic (exact) mass is 380 g/mol. The van der Waals surface area contributed by atoms with Crippen LogP contribution in [-0.4, -0.2) is 32.1 Å². The molecule has 144 valence electrons. The zero-order chi connectivity index (χ0) is 19.8. The van der Waals surface area contributed by atoms with E-state index in [1.807, 2.05) is 24.3 Å². The van der Waals surface area contributed by atoms with Crippen molar-refractivity contribution in [3.05, 3.63) is 59.4 Å². The normalized spacial score (nSPS) is 11.2. The molecule has 0 saturated carbocycles. The minimum atomic E-state index is -1.66. The van der Waals surface area contributed by atoms with E-state index < -0.39 is 35.6 Å². The van der Waals surface area contributed by atoms with E-state index in [4.69, 9.17) is 10.5 Å². The number of nitrogens with one attached hydrogen (secondary N) is 2. The summed E-state index contributed by atoms with van der Waals surface area (Å²) in [5, 5.41) is 4.94. The van der Waals surface area contributed by atoms with E-state index in [-0.39, 0.29) is 5.96 Å². The Balaban J connectivity index is 1.78. The number of aliphatic imine (C=N–C) groups is 1. The smallest absolute Gasteiger partial charge is 0.246 e. The summed E-state index contributed by atoms with van der Waals surface area (Å²) in [6.45, 7) is 0.0842. The Morgan fingerprint density at radius 2 is 1.81 bits per heavy atom. The van der Waals surface area contributed by atoms with Crippen molar-refractivity contribution in [2.75, 3.05) is 25.5 Å². The summed E-state index contributed by atoms with van der Waals surface area (Å²) >= 11 is 0. The lowest BCUT2D eigenvalue weighted by Gasteiger charge is -2.08. The molecule has 2 rings (SSSR count). The molecule has 0 atom stereocenters. The third-order valence-corrected chi connectivity index (χ3v) is 3.58. The van der Waals surface area contributed by atoms with E-state index >= 15 is 0 Å². The Labute approximate surface area is 154 Å². The van der Waals surface area contributed by atoms with Gasteiger partial charge in [0.2, 0.25) is 5.91 Å². The first-order valence-corrected chi connectivity index (χ1v) is 8.00. The molecule has 2 aromatic rings. The van der Waals surface area contributed by atoms with E-state index in [2.05, 4.69) is 15.6 Å². The molecule has 0 aromatic heterocycles. The van der Waals surface area contributed by atoms with Crippen LogP contribution < -0.4 is 21.1 Å². The van der Waals surface area contributed by atoms with Crippen molar-refractivity contribution in [1.82, 2.24) is 5.32 Å². The van der Waals surface area contributed by atoms with Crippen LogP contribution in [0.4, 0.5) is 18.9 Å². The number of carbonyl (C=O) groups is 1. The number of rotatable bonds is 7. The average Bonchev–Trinajstić information content (AvgIpc) is 2.67. The Morgan fingerprint density at radius 1 is 1.11 bits per heavy atom. The number of anilines is 1. The van der Waals surface area contributed by atoms with Gasteiger partial charge < -0.3 is 21.1 Å². The van der Waals surface area contributed by atoms with Gasteiger partial charge in [-0.15, -0.1) is 0 Å². The second-order valence-corrected chi connectivity index (χ2v) is 5.50. The van der Waals surface area contributed by atoms with Crippen molar-refractivity contribution < 1.29 is 22.7 Å². The topological polar surface area (TPSA) is 88.7 Å². The van der Waals surface area contributed by atoms with Crippen LogP contribution in [-0.2, 0) is 11.2 Å². The zero-order valence-corrected chi connectivity index (χ0v) is 14.6. The maximum atomic E-state index is 13.5. The summed E-state index contributed by atoms with van der Waals surface area (Å²) in [5.41, 5.74) is 6.24. The van der Waals surface area contributed by atoms with E-state index in [0.717, 1.165) is 17.4 Å². The first-order chi connectivity index (χ1) is 12.9. The van der Waals surface area contributed by atoms with Crippen LogP contribution in [0.25, 0.3) is 0 Å². The lowest BCUT2D eigenvalue weighted by molar-refractivity contribution is -0.114. The summed E-state index contributed by atoms with van der Waals surface area (Å²) < 4.78 is 44.5. The van der Waals surface area contributed by atoms with Crippen LogP contribution in [0.15, 0.2) is 41.4 Å². The van der Waals surface area contributed by atoms with E-state index in [1.54, 1.807) is 7.11 Å². The third-order valence-electron chi connectivity index (χ3n) is 3.58.